The van der Waals surface area contributed by atoms with Gasteiger partial charge in [0.15, 0.2) is 5.96 Å². The van der Waals surface area contributed by atoms with Crippen LogP contribution in [0.25, 0.3) is 0 Å². The largest absolute Gasteiger partial charge is 0.497 e. The zero-order valence-corrected chi connectivity index (χ0v) is 18.0. The first kappa shape index (κ1) is 21.2. The van der Waals surface area contributed by atoms with E-state index in [1.54, 1.807) is 7.11 Å². The number of hydrogen-bond acceptors (Lipinski definition) is 4. The second-order valence-corrected chi connectivity index (χ2v) is 6.39. The molecule has 1 aromatic carbocycles. The average Bonchev–Trinajstić information content (AvgIpc) is 2.61. The van der Waals surface area contributed by atoms with E-state index < -0.39 is 0 Å². The third kappa shape index (κ3) is 6.23. The van der Waals surface area contributed by atoms with Crippen molar-refractivity contribution in [3.05, 3.63) is 24.3 Å². The predicted molar refractivity (Wildman–Crippen MR) is 117 cm³/mol. The highest BCUT2D eigenvalue weighted by atomic mass is 127. The Bertz CT molecular complexity index is 490. The van der Waals surface area contributed by atoms with Gasteiger partial charge in [-0.2, -0.15) is 11.8 Å². The van der Waals surface area contributed by atoms with Crippen LogP contribution in [0.15, 0.2) is 29.3 Å². The second-order valence-electron chi connectivity index (χ2n) is 5.40. The molecule has 1 saturated heterocycles. The fourth-order valence-electron chi connectivity index (χ4n) is 2.64. The summed E-state index contributed by atoms with van der Waals surface area (Å²) in [7, 11) is 1.70. The van der Waals surface area contributed by atoms with Crippen LogP contribution in [0.1, 0.15) is 6.92 Å². The number of piperazine rings is 1. The Hall–Kier alpha value is -0.830. The third-order valence-electron chi connectivity index (χ3n) is 3.91. The van der Waals surface area contributed by atoms with Gasteiger partial charge in [-0.1, -0.05) is 0 Å². The maximum atomic E-state index is 5.23. The van der Waals surface area contributed by atoms with Crippen molar-refractivity contribution < 1.29 is 4.74 Å². The zero-order chi connectivity index (χ0) is 16.5. The van der Waals surface area contributed by atoms with Crippen molar-refractivity contribution in [2.24, 2.45) is 4.99 Å². The normalized spacial score (nSPS) is 15.0. The second kappa shape index (κ2) is 11.7. The number of benzene rings is 1. The first-order valence-corrected chi connectivity index (χ1v) is 9.59. The van der Waals surface area contributed by atoms with Crippen LogP contribution in [-0.2, 0) is 0 Å². The summed E-state index contributed by atoms with van der Waals surface area (Å²) in [5.74, 6) is 3.03. The maximum Gasteiger partial charge on any atom is 0.194 e. The van der Waals surface area contributed by atoms with E-state index in [0.29, 0.717) is 0 Å². The van der Waals surface area contributed by atoms with Gasteiger partial charge in [0.2, 0.25) is 0 Å². The number of guanidine groups is 1. The van der Waals surface area contributed by atoms with Gasteiger partial charge in [0.25, 0.3) is 0 Å². The van der Waals surface area contributed by atoms with Crippen LogP contribution in [0.4, 0.5) is 5.69 Å². The number of hydrogen-bond donors (Lipinski definition) is 1. The Balaban J connectivity index is 0.00000288. The lowest BCUT2D eigenvalue weighted by molar-refractivity contribution is 0.373. The quantitative estimate of drug-likeness (QED) is 0.304. The lowest BCUT2D eigenvalue weighted by Crippen LogP contribution is -2.52. The molecule has 0 aromatic heterocycles. The summed E-state index contributed by atoms with van der Waals surface area (Å²) in [6.45, 7) is 7.93. The Morgan fingerprint density at radius 1 is 1.21 bits per heavy atom. The molecule has 1 N–H and O–H groups in total. The molecule has 0 atom stereocenters. The number of rotatable bonds is 6. The fraction of sp³-hybridized carbons (Fsp3) is 0.588. The van der Waals surface area contributed by atoms with Gasteiger partial charge in [0, 0.05) is 44.2 Å². The van der Waals surface area contributed by atoms with Crippen molar-refractivity contribution in [3.8, 4) is 5.75 Å². The van der Waals surface area contributed by atoms with Crippen molar-refractivity contribution >= 4 is 47.4 Å². The Morgan fingerprint density at radius 2 is 1.88 bits per heavy atom. The number of methoxy groups -OCH3 is 1. The number of halogens is 1. The van der Waals surface area contributed by atoms with E-state index >= 15 is 0 Å². The molecule has 0 aliphatic carbocycles. The highest BCUT2D eigenvalue weighted by Crippen LogP contribution is 2.20. The molecule has 0 spiro atoms. The Labute approximate surface area is 167 Å². The molecule has 1 aliphatic rings. The highest BCUT2D eigenvalue weighted by molar-refractivity contribution is 14.0. The van der Waals surface area contributed by atoms with E-state index in [0.717, 1.165) is 56.7 Å². The third-order valence-corrected chi connectivity index (χ3v) is 4.50. The molecule has 5 nitrogen and oxygen atoms in total. The number of nitrogens with zero attached hydrogens (tertiary/aromatic N) is 3. The molecular weight excluding hydrogens is 435 g/mol. The molecule has 7 heteroatoms. The van der Waals surface area contributed by atoms with E-state index in [1.165, 1.54) is 5.69 Å². The van der Waals surface area contributed by atoms with E-state index in [1.807, 2.05) is 23.9 Å². The summed E-state index contributed by atoms with van der Waals surface area (Å²) in [5.41, 5.74) is 1.26. The molecule has 2 rings (SSSR count). The molecule has 1 aliphatic heterocycles. The SMILES string of the molecule is CCNC(=NCCSC)N1CCN(c2ccc(OC)cc2)CC1.I. The van der Waals surface area contributed by atoms with Gasteiger partial charge in [-0.25, -0.2) is 0 Å². The first-order valence-electron chi connectivity index (χ1n) is 8.19. The van der Waals surface area contributed by atoms with Gasteiger partial charge in [-0.05, 0) is 37.4 Å². The van der Waals surface area contributed by atoms with Crippen molar-refractivity contribution in [1.29, 1.82) is 0 Å². The van der Waals surface area contributed by atoms with Gasteiger partial charge >= 0.3 is 0 Å². The summed E-state index contributed by atoms with van der Waals surface area (Å²) in [4.78, 5) is 9.51. The number of nitrogens with one attached hydrogen (secondary N) is 1. The van der Waals surface area contributed by atoms with Crippen molar-refractivity contribution in [3.63, 3.8) is 0 Å². The summed E-state index contributed by atoms with van der Waals surface area (Å²) in [6.07, 6.45) is 2.12. The summed E-state index contributed by atoms with van der Waals surface area (Å²) >= 11 is 1.84. The molecule has 136 valence electrons. The molecule has 0 radical (unpaired) electrons. The fourth-order valence-corrected chi connectivity index (χ4v) is 2.91. The molecule has 0 saturated carbocycles. The topological polar surface area (TPSA) is 40.1 Å². The van der Waals surface area contributed by atoms with Crippen LogP contribution in [0, 0.1) is 0 Å². The van der Waals surface area contributed by atoms with E-state index in [-0.39, 0.29) is 24.0 Å². The standard InChI is InChI=1S/C17H28N4OS.HI/c1-4-18-17(19-9-14-23-3)21-12-10-20(11-13-21)15-5-7-16(22-2)8-6-15;/h5-8H,4,9-14H2,1-3H3,(H,18,19);1H. The zero-order valence-electron chi connectivity index (χ0n) is 14.8. The lowest BCUT2D eigenvalue weighted by Gasteiger charge is -2.37. The average molecular weight is 464 g/mol. The first-order chi connectivity index (χ1) is 11.3. The minimum atomic E-state index is 0. The predicted octanol–water partition coefficient (Wildman–Crippen LogP) is 2.76. The monoisotopic (exact) mass is 464 g/mol. The molecule has 0 bridgehead atoms. The van der Waals surface area contributed by atoms with Crippen LogP contribution in [-0.4, -0.2) is 69.2 Å². The van der Waals surface area contributed by atoms with Crippen LogP contribution in [0.3, 0.4) is 0 Å². The van der Waals surface area contributed by atoms with Gasteiger partial charge < -0.3 is 19.9 Å². The molecule has 0 amide bonds. The Morgan fingerprint density at radius 3 is 2.42 bits per heavy atom. The van der Waals surface area contributed by atoms with E-state index in [2.05, 4.69) is 40.4 Å². The summed E-state index contributed by atoms with van der Waals surface area (Å²) in [6, 6.07) is 8.31. The number of anilines is 1. The molecule has 1 aromatic rings. The molecule has 24 heavy (non-hydrogen) atoms. The Kier molecular flexibility index (Phi) is 10.3. The highest BCUT2D eigenvalue weighted by Gasteiger charge is 2.19. The molecule has 1 heterocycles. The summed E-state index contributed by atoms with van der Waals surface area (Å²) in [5, 5.41) is 3.41. The van der Waals surface area contributed by atoms with E-state index in [4.69, 9.17) is 9.73 Å². The van der Waals surface area contributed by atoms with Crippen LogP contribution >= 0.6 is 35.7 Å². The summed E-state index contributed by atoms with van der Waals surface area (Å²) < 4.78 is 5.23. The van der Waals surface area contributed by atoms with E-state index in [9.17, 15) is 0 Å². The minimum Gasteiger partial charge on any atom is -0.497 e. The van der Waals surface area contributed by atoms with Gasteiger partial charge in [0.05, 0.1) is 13.7 Å². The smallest absolute Gasteiger partial charge is 0.194 e. The number of aliphatic imine (C=N–C) groups is 1. The minimum absolute atomic E-state index is 0. The van der Waals surface area contributed by atoms with Crippen LogP contribution in [0.5, 0.6) is 5.75 Å². The van der Waals surface area contributed by atoms with Crippen molar-refractivity contribution in [2.75, 3.05) is 63.3 Å². The molecule has 1 fully saturated rings. The molecular formula is C17H29IN4OS. The maximum absolute atomic E-state index is 5.23. The van der Waals surface area contributed by atoms with Crippen LogP contribution in [0.2, 0.25) is 0 Å². The van der Waals surface area contributed by atoms with Gasteiger partial charge in [-0.3, -0.25) is 4.99 Å². The van der Waals surface area contributed by atoms with Crippen molar-refractivity contribution in [1.82, 2.24) is 10.2 Å². The lowest BCUT2D eigenvalue weighted by atomic mass is 10.2. The number of ether oxygens (including phenoxy) is 1. The van der Waals surface area contributed by atoms with Crippen molar-refractivity contribution in [2.45, 2.75) is 6.92 Å². The number of thioether (sulfide) groups is 1. The van der Waals surface area contributed by atoms with Crippen LogP contribution < -0.4 is 15.0 Å². The molecule has 0 unspecified atom stereocenters. The van der Waals surface area contributed by atoms with Gasteiger partial charge in [0.1, 0.15) is 5.75 Å². The van der Waals surface area contributed by atoms with Gasteiger partial charge in [-0.15, -0.1) is 24.0 Å².